The van der Waals surface area contributed by atoms with Gasteiger partial charge in [0.15, 0.2) is 5.60 Å². The van der Waals surface area contributed by atoms with Crippen LogP contribution in [0.5, 0.6) is 0 Å². The second kappa shape index (κ2) is 4.72. The predicted octanol–water partition coefficient (Wildman–Crippen LogP) is 0.803. The molecule has 0 unspecified atom stereocenters. The van der Waals surface area contributed by atoms with Gasteiger partial charge in [-0.3, -0.25) is 14.6 Å². The normalized spacial score (nSPS) is 32.5. The molecule has 0 amide bonds. The van der Waals surface area contributed by atoms with Crippen molar-refractivity contribution in [2.75, 3.05) is 6.61 Å². The van der Waals surface area contributed by atoms with E-state index in [1.807, 2.05) is 6.92 Å². The summed E-state index contributed by atoms with van der Waals surface area (Å²) in [4.78, 5) is 29.0. The molecule has 2 aliphatic rings. The Hall–Kier alpha value is -2.05. The Morgan fingerprint density at radius 2 is 2.05 bits per heavy atom. The van der Waals surface area contributed by atoms with E-state index in [-0.39, 0.29) is 23.4 Å². The van der Waals surface area contributed by atoms with Crippen LogP contribution in [0.2, 0.25) is 0 Å². The highest BCUT2D eigenvalue weighted by Crippen LogP contribution is 2.53. The summed E-state index contributed by atoms with van der Waals surface area (Å²) in [7, 11) is 0. The number of hydrogen-bond acceptors (Lipinski definition) is 6. The highest BCUT2D eigenvalue weighted by molar-refractivity contribution is 6.18. The molecule has 3 atom stereocenters. The Morgan fingerprint density at radius 3 is 2.73 bits per heavy atom. The molecule has 0 fully saturated rings. The van der Waals surface area contributed by atoms with Crippen molar-refractivity contribution in [1.82, 2.24) is 0 Å². The third-order valence-electron chi connectivity index (χ3n) is 4.28. The van der Waals surface area contributed by atoms with Gasteiger partial charge >= 0.3 is 5.97 Å². The minimum atomic E-state index is -2.34. The van der Waals surface area contributed by atoms with Crippen LogP contribution in [0.25, 0.3) is 0 Å². The molecule has 1 heterocycles. The number of Topliss-reactive ketones (excluding diaryl/α,β-unsaturated/α-hetero) is 1. The van der Waals surface area contributed by atoms with E-state index in [9.17, 15) is 19.8 Å². The van der Waals surface area contributed by atoms with E-state index in [1.54, 1.807) is 12.1 Å². The van der Waals surface area contributed by atoms with E-state index in [0.29, 0.717) is 6.42 Å². The highest BCUT2D eigenvalue weighted by atomic mass is 16.5. The molecular weight excluding hydrogens is 286 g/mol. The molecule has 116 valence electrons. The summed E-state index contributed by atoms with van der Waals surface area (Å²) in [6.07, 6.45) is 0.617. The van der Waals surface area contributed by atoms with E-state index < -0.39 is 29.0 Å². The van der Waals surface area contributed by atoms with Gasteiger partial charge in [-0.1, -0.05) is 31.2 Å². The van der Waals surface area contributed by atoms with E-state index in [0.717, 1.165) is 0 Å². The van der Waals surface area contributed by atoms with Gasteiger partial charge in [0.1, 0.15) is 5.92 Å². The predicted molar refractivity (Wildman–Crippen MR) is 77.5 cm³/mol. The Kier molecular flexibility index (Phi) is 3.19. The van der Waals surface area contributed by atoms with Crippen molar-refractivity contribution in [3.05, 3.63) is 35.4 Å². The zero-order valence-corrected chi connectivity index (χ0v) is 12.4. The summed E-state index contributed by atoms with van der Waals surface area (Å²) >= 11 is 0. The SMILES string of the molecule is CCCOC(=O)[C@H]1C(C)=N[C@@]2(O)c3ccccc3C(=O)[C@@]12O. The van der Waals surface area contributed by atoms with E-state index in [1.165, 1.54) is 19.1 Å². The molecule has 6 heteroatoms. The smallest absolute Gasteiger partial charge is 0.318 e. The van der Waals surface area contributed by atoms with Crippen molar-refractivity contribution in [2.45, 2.75) is 31.6 Å². The Balaban J connectivity index is 2.12. The number of esters is 1. The number of fused-ring (bicyclic) bond motifs is 3. The zero-order valence-electron chi connectivity index (χ0n) is 12.4. The lowest BCUT2D eigenvalue weighted by Crippen LogP contribution is -2.56. The number of ether oxygens (including phenoxy) is 1. The first-order valence-electron chi connectivity index (χ1n) is 7.20. The number of nitrogens with zero attached hydrogens (tertiary/aromatic N) is 1. The third kappa shape index (κ3) is 1.59. The van der Waals surface area contributed by atoms with Crippen molar-refractivity contribution in [2.24, 2.45) is 10.9 Å². The molecule has 0 radical (unpaired) electrons. The molecule has 22 heavy (non-hydrogen) atoms. The van der Waals surface area contributed by atoms with Gasteiger partial charge in [0.2, 0.25) is 11.5 Å². The minimum Gasteiger partial charge on any atom is -0.465 e. The summed E-state index contributed by atoms with van der Waals surface area (Å²) in [6, 6.07) is 6.31. The van der Waals surface area contributed by atoms with Crippen molar-refractivity contribution < 1.29 is 24.5 Å². The molecule has 0 saturated heterocycles. The molecule has 1 aliphatic heterocycles. The Bertz CT molecular complexity index is 698. The summed E-state index contributed by atoms with van der Waals surface area (Å²) in [5, 5.41) is 21.8. The summed E-state index contributed by atoms with van der Waals surface area (Å²) < 4.78 is 5.07. The van der Waals surface area contributed by atoms with Gasteiger partial charge < -0.3 is 14.9 Å². The molecule has 0 aromatic heterocycles. The molecule has 6 nitrogen and oxygen atoms in total. The number of aliphatic imine (C=N–C) groups is 1. The molecule has 0 saturated carbocycles. The lowest BCUT2D eigenvalue weighted by molar-refractivity contribution is -0.164. The van der Waals surface area contributed by atoms with Crippen LogP contribution in [0.15, 0.2) is 29.3 Å². The quantitative estimate of drug-likeness (QED) is 0.805. The molecule has 0 spiro atoms. The number of carbonyl (C=O) groups is 2. The molecule has 0 bridgehead atoms. The topological polar surface area (TPSA) is 96.2 Å². The van der Waals surface area contributed by atoms with Crippen molar-refractivity contribution in [1.29, 1.82) is 0 Å². The largest absolute Gasteiger partial charge is 0.465 e. The summed E-state index contributed by atoms with van der Waals surface area (Å²) in [5.41, 5.74) is -3.90. The number of carbonyl (C=O) groups excluding carboxylic acids is 2. The molecule has 1 aromatic rings. The molecule has 2 N–H and O–H groups in total. The fraction of sp³-hybridized carbons (Fsp3) is 0.438. The maximum absolute atomic E-state index is 12.6. The number of benzene rings is 1. The second-order valence-corrected chi connectivity index (χ2v) is 5.67. The van der Waals surface area contributed by atoms with Crippen LogP contribution in [-0.4, -0.2) is 39.9 Å². The van der Waals surface area contributed by atoms with Gasteiger partial charge in [-0.2, -0.15) is 0 Å². The number of ketones is 1. The third-order valence-corrected chi connectivity index (χ3v) is 4.28. The highest BCUT2D eigenvalue weighted by Gasteiger charge is 2.72. The van der Waals surface area contributed by atoms with Crippen LogP contribution in [0.1, 0.15) is 36.2 Å². The summed E-state index contributed by atoms with van der Waals surface area (Å²) in [6.45, 7) is 3.52. The van der Waals surface area contributed by atoms with Crippen LogP contribution in [0, 0.1) is 5.92 Å². The van der Waals surface area contributed by atoms with Gasteiger partial charge in [-0.15, -0.1) is 0 Å². The summed E-state index contributed by atoms with van der Waals surface area (Å²) in [5.74, 6) is -2.75. The lowest BCUT2D eigenvalue weighted by Gasteiger charge is -2.31. The van der Waals surface area contributed by atoms with Gasteiger partial charge in [0.25, 0.3) is 0 Å². The van der Waals surface area contributed by atoms with E-state index in [2.05, 4.69) is 4.99 Å². The first-order valence-corrected chi connectivity index (χ1v) is 7.20. The fourth-order valence-electron chi connectivity index (χ4n) is 3.28. The van der Waals surface area contributed by atoms with Crippen LogP contribution in [-0.2, 0) is 15.3 Å². The van der Waals surface area contributed by atoms with Crippen molar-refractivity contribution in [3.63, 3.8) is 0 Å². The first kappa shape index (κ1) is 14.9. The molecule has 3 rings (SSSR count). The molecule has 1 aromatic carbocycles. The number of hydrogen-bond donors (Lipinski definition) is 2. The lowest BCUT2D eigenvalue weighted by atomic mass is 9.79. The van der Waals surface area contributed by atoms with Crippen LogP contribution in [0.4, 0.5) is 0 Å². The van der Waals surface area contributed by atoms with E-state index >= 15 is 0 Å². The van der Waals surface area contributed by atoms with Gasteiger partial charge in [0, 0.05) is 16.8 Å². The average Bonchev–Trinajstić information content (AvgIpc) is 2.80. The second-order valence-electron chi connectivity index (χ2n) is 5.67. The minimum absolute atomic E-state index is 0.178. The van der Waals surface area contributed by atoms with Gasteiger partial charge in [-0.05, 0) is 13.3 Å². The Labute approximate surface area is 127 Å². The molecule has 1 aliphatic carbocycles. The van der Waals surface area contributed by atoms with Crippen LogP contribution < -0.4 is 0 Å². The van der Waals surface area contributed by atoms with Crippen LogP contribution in [0.3, 0.4) is 0 Å². The van der Waals surface area contributed by atoms with Gasteiger partial charge in [0.05, 0.1) is 6.61 Å². The Morgan fingerprint density at radius 1 is 1.36 bits per heavy atom. The first-order chi connectivity index (χ1) is 10.4. The fourth-order valence-corrected chi connectivity index (χ4v) is 3.28. The average molecular weight is 303 g/mol. The standard InChI is InChI=1S/C16H17NO5/c1-3-8-22-14(19)12-9(2)17-16(21)11-7-5-4-6-10(11)13(18)15(12,16)20/h4-7,12,20-21H,3,8H2,1-2H3/t12-,15+,16-/m1/s1. The van der Waals surface area contributed by atoms with Crippen LogP contribution >= 0.6 is 0 Å². The van der Waals surface area contributed by atoms with Gasteiger partial charge in [-0.25, -0.2) is 0 Å². The number of rotatable bonds is 3. The zero-order chi connectivity index (χ0) is 16.1. The monoisotopic (exact) mass is 303 g/mol. The van der Waals surface area contributed by atoms with Crippen molar-refractivity contribution in [3.8, 4) is 0 Å². The maximum Gasteiger partial charge on any atom is 0.318 e. The maximum atomic E-state index is 12.6. The van der Waals surface area contributed by atoms with Crippen molar-refractivity contribution >= 4 is 17.5 Å². The number of aliphatic hydroxyl groups is 2. The molecular formula is C16H17NO5. The van der Waals surface area contributed by atoms with E-state index in [4.69, 9.17) is 4.74 Å².